The number of methoxy groups -OCH3 is 1. The quantitative estimate of drug-likeness (QED) is 0.587. The van der Waals surface area contributed by atoms with E-state index in [9.17, 15) is 4.79 Å². The highest BCUT2D eigenvalue weighted by Crippen LogP contribution is 2.36. The fraction of sp³-hybridized carbons (Fsp3) is 0.345. The predicted molar refractivity (Wildman–Crippen MR) is 136 cm³/mol. The Labute approximate surface area is 202 Å². The number of anilines is 1. The third kappa shape index (κ3) is 4.80. The molecule has 1 amide bonds. The van der Waals surface area contributed by atoms with Crippen molar-refractivity contribution in [3.63, 3.8) is 0 Å². The van der Waals surface area contributed by atoms with Gasteiger partial charge in [0.15, 0.2) is 0 Å². The van der Waals surface area contributed by atoms with Gasteiger partial charge in [-0.15, -0.1) is 0 Å². The second kappa shape index (κ2) is 10.3. The molecule has 0 aromatic heterocycles. The summed E-state index contributed by atoms with van der Waals surface area (Å²) in [7, 11) is 1.69. The van der Waals surface area contributed by atoms with Gasteiger partial charge in [-0.05, 0) is 41.7 Å². The van der Waals surface area contributed by atoms with Crippen LogP contribution in [0.3, 0.4) is 0 Å². The Morgan fingerprint density at radius 1 is 0.971 bits per heavy atom. The number of hydrogen-bond donors (Lipinski definition) is 1. The molecule has 1 N–H and O–H groups in total. The van der Waals surface area contributed by atoms with Gasteiger partial charge in [0.2, 0.25) is 5.91 Å². The summed E-state index contributed by atoms with van der Waals surface area (Å²) in [6.07, 6.45) is 1.55. The predicted octanol–water partition coefficient (Wildman–Crippen LogP) is 3.92. The zero-order valence-corrected chi connectivity index (χ0v) is 19.8. The third-order valence-electron chi connectivity index (χ3n) is 7.18. The van der Waals surface area contributed by atoms with Crippen molar-refractivity contribution in [2.75, 3.05) is 38.2 Å². The first-order chi connectivity index (χ1) is 16.7. The Balaban J connectivity index is 1.30. The summed E-state index contributed by atoms with van der Waals surface area (Å²) < 4.78 is 5.46. The molecular weight excluding hydrogens is 422 g/mol. The molecule has 34 heavy (non-hydrogen) atoms. The van der Waals surface area contributed by atoms with Crippen LogP contribution in [0.5, 0.6) is 5.75 Å². The summed E-state index contributed by atoms with van der Waals surface area (Å²) in [5.74, 6) is 0.963. The maximum absolute atomic E-state index is 13.5. The van der Waals surface area contributed by atoms with Gasteiger partial charge in [-0.1, -0.05) is 66.7 Å². The van der Waals surface area contributed by atoms with Crippen LogP contribution in [0.4, 0.5) is 5.69 Å². The smallest absolute Gasteiger partial charge is 0.225 e. The van der Waals surface area contributed by atoms with E-state index >= 15 is 0 Å². The van der Waals surface area contributed by atoms with Crippen LogP contribution in [0.1, 0.15) is 16.7 Å². The van der Waals surface area contributed by atoms with Crippen LogP contribution >= 0.6 is 0 Å². The van der Waals surface area contributed by atoms with Crippen molar-refractivity contribution < 1.29 is 9.53 Å². The minimum atomic E-state index is -0.0638. The highest BCUT2D eigenvalue weighted by molar-refractivity contribution is 5.82. The highest BCUT2D eigenvalue weighted by atomic mass is 16.5. The van der Waals surface area contributed by atoms with E-state index in [4.69, 9.17) is 4.74 Å². The zero-order chi connectivity index (χ0) is 23.3. The largest absolute Gasteiger partial charge is 0.496 e. The van der Waals surface area contributed by atoms with Crippen LogP contribution < -0.4 is 15.0 Å². The van der Waals surface area contributed by atoms with E-state index in [0.29, 0.717) is 6.54 Å². The van der Waals surface area contributed by atoms with Crippen molar-refractivity contribution in [2.24, 2.45) is 5.92 Å². The van der Waals surface area contributed by atoms with E-state index in [1.165, 1.54) is 16.8 Å². The van der Waals surface area contributed by atoms with E-state index in [1.54, 1.807) is 7.11 Å². The molecule has 5 heteroatoms. The van der Waals surface area contributed by atoms with Crippen LogP contribution in [0.25, 0.3) is 0 Å². The van der Waals surface area contributed by atoms with Gasteiger partial charge in [0.25, 0.3) is 0 Å². The Morgan fingerprint density at radius 3 is 2.59 bits per heavy atom. The van der Waals surface area contributed by atoms with Crippen molar-refractivity contribution in [2.45, 2.75) is 25.4 Å². The molecule has 1 saturated heterocycles. The van der Waals surface area contributed by atoms with E-state index < -0.39 is 0 Å². The number of nitrogens with zero attached hydrogens (tertiary/aromatic N) is 2. The Morgan fingerprint density at radius 2 is 1.74 bits per heavy atom. The number of ether oxygens (including phenoxy) is 1. The number of amides is 1. The Hall–Kier alpha value is -3.31. The number of nitrogens with one attached hydrogen (secondary N) is 1. The van der Waals surface area contributed by atoms with Crippen LogP contribution in [0.2, 0.25) is 0 Å². The topological polar surface area (TPSA) is 44.8 Å². The number of carbonyl (C=O) groups excluding carboxylic acids is 1. The lowest BCUT2D eigenvalue weighted by Gasteiger charge is -2.49. The first-order valence-corrected chi connectivity index (χ1v) is 12.2. The average Bonchev–Trinajstić information content (AvgIpc) is 2.89. The molecule has 3 aromatic carbocycles. The van der Waals surface area contributed by atoms with Crippen molar-refractivity contribution in [3.05, 3.63) is 95.6 Å². The van der Waals surface area contributed by atoms with Crippen molar-refractivity contribution in [1.82, 2.24) is 10.2 Å². The molecule has 3 aromatic rings. The van der Waals surface area contributed by atoms with Crippen molar-refractivity contribution >= 4 is 11.6 Å². The number of rotatable bonds is 7. The van der Waals surface area contributed by atoms with Gasteiger partial charge in [-0.25, -0.2) is 0 Å². The molecule has 0 saturated carbocycles. The van der Waals surface area contributed by atoms with Crippen LogP contribution in [-0.2, 0) is 24.2 Å². The monoisotopic (exact) mass is 455 g/mol. The summed E-state index contributed by atoms with van der Waals surface area (Å²) >= 11 is 0. The molecular formula is C29H33N3O2. The summed E-state index contributed by atoms with van der Waals surface area (Å²) in [6, 6.07) is 27.4. The minimum absolute atomic E-state index is 0.0638. The van der Waals surface area contributed by atoms with Gasteiger partial charge in [-0.3, -0.25) is 9.69 Å². The maximum atomic E-state index is 13.5. The number of para-hydroxylation sites is 2. The first kappa shape index (κ1) is 22.5. The highest BCUT2D eigenvalue weighted by Gasteiger charge is 2.41. The molecule has 0 unspecified atom stereocenters. The van der Waals surface area contributed by atoms with Gasteiger partial charge in [0.1, 0.15) is 5.75 Å². The van der Waals surface area contributed by atoms with E-state index in [0.717, 1.165) is 50.3 Å². The minimum Gasteiger partial charge on any atom is -0.496 e. The molecule has 0 spiro atoms. The van der Waals surface area contributed by atoms with Crippen molar-refractivity contribution in [1.29, 1.82) is 0 Å². The fourth-order valence-corrected chi connectivity index (χ4v) is 5.46. The van der Waals surface area contributed by atoms with E-state index in [2.05, 4.69) is 75.8 Å². The lowest BCUT2D eigenvalue weighted by molar-refractivity contribution is -0.126. The fourth-order valence-electron chi connectivity index (χ4n) is 5.46. The molecule has 1 fully saturated rings. The number of piperazine rings is 1. The Bertz CT molecular complexity index is 1120. The second-order valence-electron chi connectivity index (χ2n) is 9.27. The maximum Gasteiger partial charge on any atom is 0.225 e. The summed E-state index contributed by atoms with van der Waals surface area (Å²) in [4.78, 5) is 18.5. The SMILES string of the molecule is COc1ccccc1CCNC(=O)[C@@H]1Cc2ccccc2N2CCN(Cc3ccccc3)C[C@H]12. The number of hydrogen-bond acceptors (Lipinski definition) is 4. The van der Waals surface area contributed by atoms with Gasteiger partial charge in [-0.2, -0.15) is 0 Å². The van der Waals surface area contributed by atoms with Gasteiger partial charge in [0, 0.05) is 38.4 Å². The first-order valence-electron chi connectivity index (χ1n) is 12.2. The molecule has 2 heterocycles. The normalized spacial score (nSPS) is 19.7. The molecule has 2 aliphatic rings. The van der Waals surface area contributed by atoms with Crippen LogP contribution in [0.15, 0.2) is 78.9 Å². The summed E-state index contributed by atoms with van der Waals surface area (Å²) in [6.45, 7) is 4.38. The zero-order valence-electron chi connectivity index (χ0n) is 19.8. The lowest BCUT2D eigenvalue weighted by Crippen LogP contribution is -2.61. The van der Waals surface area contributed by atoms with Crippen LogP contribution in [-0.4, -0.2) is 50.1 Å². The molecule has 0 aliphatic carbocycles. The standard InChI is InChI=1S/C29H33N3O2/c1-34-28-14-8-6-11-23(28)15-16-30-29(33)25-19-24-12-5-7-13-26(24)32-18-17-31(21-27(25)32)20-22-9-3-2-4-10-22/h2-14,25,27H,15-21H2,1H3,(H,30,33)/t25-,27-/m1/s1. The average molecular weight is 456 g/mol. The van der Waals surface area contributed by atoms with Gasteiger partial charge < -0.3 is 15.0 Å². The summed E-state index contributed by atoms with van der Waals surface area (Å²) in [5, 5.41) is 3.24. The molecule has 2 atom stereocenters. The second-order valence-corrected chi connectivity index (χ2v) is 9.27. The van der Waals surface area contributed by atoms with Gasteiger partial charge >= 0.3 is 0 Å². The lowest BCUT2D eigenvalue weighted by atomic mass is 9.83. The number of fused-ring (bicyclic) bond motifs is 3. The third-order valence-corrected chi connectivity index (χ3v) is 7.18. The van der Waals surface area contributed by atoms with Crippen LogP contribution in [0, 0.1) is 5.92 Å². The van der Waals surface area contributed by atoms with E-state index in [-0.39, 0.29) is 17.9 Å². The molecule has 0 radical (unpaired) electrons. The number of carbonyl (C=O) groups is 1. The number of benzene rings is 3. The molecule has 5 nitrogen and oxygen atoms in total. The van der Waals surface area contributed by atoms with E-state index in [1.807, 2.05) is 18.2 Å². The molecule has 176 valence electrons. The van der Waals surface area contributed by atoms with Gasteiger partial charge in [0.05, 0.1) is 19.1 Å². The molecule has 2 aliphatic heterocycles. The molecule has 0 bridgehead atoms. The van der Waals surface area contributed by atoms with Crippen molar-refractivity contribution in [3.8, 4) is 5.75 Å². The summed E-state index contributed by atoms with van der Waals surface area (Å²) in [5.41, 5.74) is 5.02. The Kier molecular flexibility index (Phi) is 6.82. The molecule has 5 rings (SSSR count).